The molecule has 0 atom stereocenters. The van der Waals surface area contributed by atoms with Crippen LogP contribution in [0.2, 0.25) is 0 Å². The van der Waals surface area contributed by atoms with Gasteiger partial charge in [0.05, 0.1) is 5.69 Å². The number of aromatic nitrogens is 1. The second kappa shape index (κ2) is 5.60. The van der Waals surface area contributed by atoms with Gasteiger partial charge in [0.2, 0.25) is 0 Å². The summed E-state index contributed by atoms with van der Waals surface area (Å²) in [7, 11) is 0. The molecular weight excluding hydrogens is 236 g/mol. The van der Waals surface area contributed by atoms with Gasteiger partial charge >= 0.3 is 5.97 Å². The number of carboxylic acid groups (broad SMARTS) is 1. The van der Waals surface area contributed by atoms with Crippen molar-refractivity contribution in [3.05, 3.63) is 15.6 Å². The summed E-state index contributed by atoms with van der Waals surface area (Å²) in [5.41, 5.74) is 0.732. The predicted molar refractivity (Wildman–Crippen MR) is 69.7 cm³/mol. The van der Waals surface area contributed by atoms with Crippen molar-refractivity contribution in [2.75, 3.05) is 0 Å². The summed E-state index contributed by atoms with van der Waals surface area (Å²) in [6, 6.07) is 0. The number of aryl methyl sites for hydroxylation is 1. The first kappa shape index (κ1) is 14.1. The van der Waals surface area contributed by atoms with E-state index >= 15 is 0 Å². The van der Waals surface area contributed by atoms with E-state index in [-0.39, 0.29) is 5.54 Å². The number of nitrogens with one attached hydrogen (secondary N) is 1. The van der Waals surface area contributed by atoms with Crippen LogP contribution in [0.4, 0.5) is 0 Å². The number of aromatic carboxylic acids is 1. The highest BCUT2D eigenvalue weighted by Gasteiger charge is 2.17. The Morgan fingerprint density at radius 3 is 2.59 bits per heavy atom. The molecule has 1 rings (SSSR count). The van der Waals surface area contributed by atoms with Gasteiger partial charge in [-0.05, 0) is 27.2 Å². The van der Waals surface area contributed by atoms with Crippen molar-refractivity contribution >= 4 is 17.3 Å². The lowest BCUT2D eigenvalue weighted by Gasteiger charge is -2.19. The number of thiazole rings is 1. The lowest BCUT2D eigenvalue weighted by atomic mass is 10.1. The van der Waals surface area contributed by atoms with Crippen LogP contribution in [0.1, 0.15) is 54.5 Å². The van der Waals surface area contributed by atoms with Gasteiger partial charge in [0.1, 0.15) is 9.88 Å². The summed E-state index contributed by atoms with van der Waals surface area (Å²) in [4.78, 5) is 15.8. The molecule has 0 amide bonds. The maximum Gasteiger partial charge on any atom is 0.347 e. The van der Waals surface area contributed by atoms with Gasteiger partial charge in [-0.2, -0.15) is 0 Å². The normalized spacial score (nSPS) is 11.8. The molecule has 1 heterocycles. The predicted octanol–water partition coefficient (Wildman–Crippen LogP) is 2.68. The molecule has 0 fully saturated rings. The van der Waals surface area contributed by atoms with Gasteiger partial charge in [-0.15, -0.1) is 11.3 Å². The fraction of sp³-hybridized carbons (Fsp3) is 0.667. The number of nitrogens with zero attached hydrogens (tertiary/aromatic N) is 1. The Morgan fingerprint density at radius 2 is 2.12 bits per heavy atom. The van der Waals surface area contributed by atoms with Crippen LogP contribution in [0, 0.1) is 0 Å². The van der Waals surface area contributed by atoms with Gasteiger partial charge in [0.25, 0.3) is 0 Å². The third-order valence-electron chi connectivity index (χ3n) is 2.19. The van der Waals surface area contributed by atoms with Gasteiger partial charge in [0.15, 0.2) is 0 Å². The van der Waals surface area contributed by atoms with E-state index in [4.69, 9.17) is 5.11 Å². The van der Waals surface area contributed by atoms with Crippen LogP contribution >= 0.6 is 11.3 Å². The first-order valence-electron chi connectivity index (χ1n) is 5.80. The van der Waals surface area contributed by atoms with E-state index < -0.39 is 5.97 Å². The molecule has 1 aromatic rings. The Labute approximate surface area is 106 Å². The zero-order valence-corrected chi connectivity index (χ0v) is 11.6. The number of carbonyl (C=O) groups is 1. The van der Waals surface area contributed by atoms with Crippen LogP contribution in [-0.2, 0) is 13.0 Å². The molecule has 1 aromatic heterocycles. The first-order chi connectivity index (χ1) is 7.83. The summed E-state index contributed by atoms with van der Waals surface area (Å²) in [6.07, 6.45) is 1.64. The quantitative estimate of drug-likeness (QED) is 0.850. The Hall–Kier alpha value is -0.940. The molecule has 96 valence electrons. The molecule has 4 nitrogen and oxygen atoms in total. The van der Waals surface area contributed by atoms with Crippen molar-refractivity contribution in [3.8, 4) is 0 Å². The van der Waals surface area contributed by atoms with Gasteiger partial charge in [-0.3, -0.25) is 0 Å². The molecular formula is C12H20N2O2S. The fourth-order valence-electron chi connectivity index (χ4n) is 1.39. The molecule has 0 radical (unpaired) electrons. The largest absolute Gasteiger partial charge is 0.477 e. The minimum absolute atomic E-state index is 0.0139. The standard InChI is InChI=1S/C12H20N2O2S/c1-5-6-8-10(11(15)16)17-9(14-8)7-13-12(2,3)4/h13H,5-7H2,1-4H3,(H,15,16). The fourth-order valence-corrected chi connectivity index (χ4v) is 2.28. The van der Waals surface area contributed by atoms with Crippen molar-refractivity contribution in [1.29, 1.82) is 0 Å². The van der Waals surface area contributed by atoms with E-state index in [1.807, 2.05) is 6.92 Å². The Morgan fingerprint density at radius 1 is 1.47 bits per heavy atom. The van der Waals surface area contributed by atoms with Crippen LogP contribution in [0.15, 0.2) is 0 Å². The monoisotopic (exact) mass is 256 g/mol. The minimum Gasteiger partial charge on any atom is -0.477 e. The lowest BCUT2D eigenvalue weighted by molar-refractivity contribution is 0.0700. The molecule has 0 bridgehead atoms. The Kier molecular flexibility index (Phi) is 4.65. The van der Waals surface area contributed by atoms with Crippen LogP contribution in [0.25, 0.3) is 0 Å². The molecule has 5 heteroatoms. The number of hydrogen-bond donors (Lipinski definition) is 2. The van der Waals surface area contributed by atoms with Crippen molar-refractivity contribution in [1.82, 2.24) is 10.3 Å². The van der Waals surface area contributed by atoms with Crippen molar-refractivity contribution in [3.63, 3.8) is 0 Å². The van der Waals surface area contributed by atoms with Crippen molar-refractivity contribution in [2.45, 2.75) is 52.6 Å². The topological polar surface area (TPSA) is 62.2 Å². The molecule has 0 saturated heterocycles. The summed E-state index contributed by atoms with van der Waals surface area (Å²) in [5, 5.41) is 13.2. The average Bonchev–Trinajstić information content (AvgIpc) is 2.58. The van der Waals surface area contributed by atoms with Gasteiger partial charge in [-0.25, -0.2) is 9.78 Å². The van der Waals surface area contributed by atoms with E-state index in [0.717, 1.165) is 23.5 Å². The van der Waals surface area contributed by atoms with E-state index in [1.54, 1.807) is 0 Å². The first-order valence-corrected chi connectivity index (χ1v) is 6.62. The average molecular weight is 256 g/mol. The molecule has 0 unspecified atom stereocenters. The van der Waals surface area contributed by atoms with Crippen LogP contribution in [0.3, 0.4) is 0 Å². The summed E-state index contributed by atoms with van der Waals surface area (Å²) in [6.45, 7) is 8.87. The zero-order chi connectivity index (χ0) is 13.1. The van der Waals surface area contributed by atoms with E-state index in [2.05, 4.69) is 31.1 Å². The molecule has 2 N–H and O–H groups in total. The molecule has 0 aliphatic heterocycles. The molecule has 0 spiro atoms. The van der Waals surface area contributed by atoms with Gasteiger partial charge in [-0.1, -0.05) is 13.3 Å². The van der Waals surface area contributed by atoms with E-state index in [9.17, 15) is 4.79 Å². The third kappa shape index (κ3) is 4.44. The maximum absolute atomic E-state index is 11.1. The van der Waals surface area contributed by atoms with E-state index in [0.29, 0.717) is 11.4 Å². The Bertz CT molecular complexity index is 394. The summed E-state index contributed by atoms with van der Waals surface area (Å²) < 4.78 is 0. The van der Waals surface area contributed by atoms with Crippen LogP contribution < -0.4 is 5.32 Å². The summed E-state index contributed by atoms with van der Waals surface area (Å²) >= 11 is 1.28. The molecule has 0 aromatic carbocycles. The van der Waals surface area contributed by atoms with Crippen molar-refractivity contribution < 1.29 is 9.90 Å². The van der Waals surface area contributed by atoms with Crippen LogP contribution in [0.5, 0.6) is 0 Å². The van der Waals surface area contributed by atoms with E-state index in [1.165, 1.54) is 11.3 Å². The highest BCUT2D eigenvalue weighted by Crippen LogP contribution is 2.20. The molecule has 17 heavy (non-hydrogen) atoms. The number of rotatable bonds is 5. The smallest absolute Gasteiger partial charge is 0.347 e. The van der Waals surface area contributed by atoms with Crippen LogP contribution in [-0.4, -0.2) is 21.6 Å². The second-order valence-corrected chi connectivity index (χ2v) is 6.13. The number of hydrogen-bond acceptors (Lipinski definition) is 4. The lowest BCUT2D eigenvalue weighted by Crippen LogP contribution is -2.35. The number of carboxylic acids is 1. The third-order valence-corrected chi connectivity index (χ3v) is 3.28. The van der Waals surface area contributed by atoms with Gasteiger partial charge in [0, 0.05) is 12.1 Å². The maximum atomic E-state index is 11.1. The molecule has 0 aliphatic rings. The summed E-state index contributed by atoms with van der Waals surface area (Å²) in [5.74, 6) is -0.868. The molecule has 0 aliphatic carbocycles. The minimum atomic E-state index is -0.868. The highest BCUT2D eigenvalue weighted by atomic mass is 32.1. The SMILES string of the molecule is CCCc1nc(CNC(C)(C)C)sc1C(=O)O. The Balaban J connectivity index is 2.81. The zero-order valence-electron chi connectivity index (χ0n) is 10.8. The molecule has 0 saturated carbocycles. The highest BCUT2D eigenvalue weighted by molar-refractivity contribution is 7.13. The van der Waals surface area contributed by atoms with Gasteiger partial charge < -0.3 is 10.4 Å². The van der Waals surface area contributed by atoms with Crippen molar-refractivity contribution in [2.24, 2.45) is 0 Å². The second-order valence-electron chi connectivity index (χ2n) is 5.04.